The van der Waals surface area contributed by atoms with Crippen LogP contribution < -0.4 is 5.73 Å². The third kappa shape index (κ3) is 7.24. The number of unbranched alkanes of at least 4 members (excludes halogenated alkanes) is 2. The second-order valence-corrected chi connectivity index (χ2v) is 3.89. The third-order valence-electron chi connectivity index (χ3n) is 2.49. The van der Waals surface area contributed by atoms with Crippen LogP contribution in [0.15, 0.2) is 0 Å². The molecule has 1 aliphatic rings. The second-order valence-electron chi connectivity index (χ2n) is 3.89. The molecule has 94 valence electrons. The van der Waals surface area contributed by atoms with Crippen LogP contribution in [-0.2, 0) is 14.3 Å². The number of rotatable bonds is 6. The van der Waals surface area contributed by atoms with Gasteiger partial charge in [-0.1, -0.05) is 6.42 Å². The van der Waals surface area contributed by atoms with Crippen LogP contribution in [0.3, 0.4) is 0 Å². The Kier molecular flexibility index (Phi) is 10.1. The van der Waals surface area contributed by atoms with Crippen LogP contribution in [-0.4, -0.2) is 42.8 Å². The van der Waals surface area contributed by atoms with Gasteiger partial charge < -0.3 is 15.2 Å². The predicted octanol–water partition coefficient (Wildman–Crippen LogP) is 0.391. The first-order valence-electron chi connectivity index (χ1n) is 5.84. The summed E-state index contributed by atoms with van der Waals surface area (Å²) in [6.45, 7) is 1.41. The van der Waals surface area contributed by atoms with Crippen LogP contribution in [0.5, 0.6) is 0 Å². The van der Waals surface area contributed by atoms with E-state index in [0.717, 1.165) is 38.5 Å². The van der Waals surface area contributed by atoms with E-state index in [2.05, 4.69) is 0 Å². The number of hydrogen-bond acceptors (Lipinski definition) is 4. The maximum atomic E-state index is 11.3. The fourth-order valence-corrected chi connectivity index (χ4v) is 1.60. The minimum absolute atomic E-state index is 0. The van der Waals surface area contributed by atoms with Crippen LogP contribution in [0.2, 0.25) is 0 Å². The largest absolute Gasteiger partial charge is 0.436 e. The molecule has 1 heterocycles. The molecule has 0 aliphatic carbocycles. The molecule has 0 aromatic rings. The van der Waals surface area contributed by atoms with E-state index in [9.17, 15) is 4.79 Å². The highest BCUT2D eigenvalue weighted by molar-refractivity contribution is 5.75. The Bertz CT molecular complexity index is 184. The van der Waals surface area contributed by atoms with Crippen molar-refractivity contribution >= 4 is 23.3 Å². The maximum Gasteiger partial charge on any atom is 0.308 e. The van der Waals surface area contributed by atoms with E-state index in [1.54, 1.807) is 0 Å². The fraction of sp³-hybridized carbons (Fsp3) is 0.909. The Morgan fingerprint density at radius 3 is 2.75 bits per heavy atom. The average Bonchev–Trinajstić information content (AvgIpc) is 2.26. The van der Waals surface area contributed by atoms with Crippen molar-refractivity contribution in [1.82, 2.24) is 0 Å². The highest BCUT2D eigenvalue weighted by atomic mass is 27.0. The molecular weight excluding hydrogens is 221 g/mol. The van der Waals surface area contributed by atoms with Crippen LogP contribution >= 0.6 is 0 Å². The van der Waals surface area contributed by atoms with Gasteiger partial charge in [0.25, 0.3) is 0 Å². The SMILES string of the molecule is NCCCCCC(=O)OC1CCCCO1.[AlH3]. The van der Waals surface area contributed by atoms with E-state index in [1.807, 2.05) is 0 Å². The number of hydrogen-bond donors (Lipinski definition) is 1. The smallest absolute Gasteiger partial charge is 0.308 e. The number of carbonyl (C=O) groups is 1. The summed E-state index contributed by atoms with van der Waals surface area (Å²) in [6, 6.07) is 0. The summed E-state index contributed by atoms with van der Waals surface area (Å²) in [5, 5.41) is 0. The highest BCUT2D eigenvalue weighted by Gasteiger charge is 2.17. The van der Waals surface area contributed by atoms with Crippen molar-refractivity contribution in [2.75, 3.05) is 13.2 Å². The Morgan fingerprint density at radius 2 is 2.12 bits per heavy atom. The minimum atomic E-state index is -0.291. The summed E-state index contributed by atoms with van der Waals surface area (Å²) in [7, 11) is 0. The first-order chi connectivity index (χ1) is 7.33. The summed E-state index contributed by atoms with van der Waals surface area (Å²) in [6.07, 6.45) is 6.04. The molecular formula is C11H24AlNO3. The lowest BCUT2D eigenvalue weighted by Gasteiger charge is -2.22. The van der Waals surface area contributed by atoms with Crippen molar-refractivity contribution < 1.29 is 14.3 Å². The monoisotopic (exact) mass is 245 g/mol. The number of carbonyl (C=O) groups excluding carboxylic acids is 1. The number of nitrogens with two attached hydrogens (primary N) is 1. The summed E-state index contributed by atoms with van der Waals surface area (Å²) in [5.74, 6) is -0.140. The van der Waals surface area contributed by atoms with Gasteiger partial charge in [0.15, 0.2) is 17.4 Å². The lowest BCUT2D eigenvalue weighted by Crippen LogP contribution is -2.25. The van der Waals surface area contributed by atoms with Gasteiger partial charge in [-0.25, -0.2) is 0 Å². The van der Waals surface area contributed by atoms with Gasteiger partial charge in [-0.15, -0.1) is 0 Å². The van der Waals surface area contributed by atoms with Crippen LogP contribution in [0.4, 0.5) is 0 Å². The van der Waals surface area contributed by atoms with Crippen molar-refractivity contribution in [3.05, 3.63) is 0 Å². The maximum absolute atomic E-state index is 11.3. The Balaban J connectivity index is 0.00000225. The molecule has 0 aromatic carbocycles. The van der Waals surface area contributed by atoms with E-state index in [-0.39, 0.29) is 29.6 Å². The topological polar surface area (TPSA) is 61.6 Å². The van der Waals surface area contributed by atoms with Gasteiger partial charge in [0, 0.05) is 12.8 Å². The molecule has 1 fully saturated rings. The fourth-order valence-electron chi connectivity index (χ4n) is 1.60. The lowest BCUT2D eigenvalue weighted by molar-refractivity contribution is -0.186. The highest BCUT2D eigenvalue weighted by Crippen LogP contribution is 2.14. The van der Waals surface area contributed by atoms with E-state index in [4.69, 9.17) is 15.2 Å². The van der Waals surface area contributed by atoms with Gasteiger partial charge in [-0.2, -0.15) is 0 Å². The van der Waals surface area contributed by atoms with Gasteiger partial charge in [-0.3, -0.25) is 4.79 Å². The van der Waals surface area contributed by atoms with Crippen LogP contribution in [0.1, 0.15) is 44.9 Å². The van der Waals surface area contributed by atoms with Crippen molar-refractivity contribution in [3.8, 4) is 0 Å². The number of ether oxygens (including phenoxy) is 2. The predicted molar refractivity (Wildman–Crippen MR) is 67.1 cm³/mol. The molecule has 2 N–H and O–H groups in total. The number of esters is 1. The average molecular weight is 245 g/mol. The molecule has 1 atom stereocenters. The molecule has 5 heteroatoms. The zero-order valence-electron chi connectivity index (χ0n) is 9.24. The third-order valence-corrected chi connectivity index (χ3v) is 2.49. The summed E-state index contributed by atoms with van der Waals surface area (Å²) in [4.78, 5) is 11.3. The minimum Gasteiger partial charge on any atom is -0.436 e. The van der Waals surface area contributed by atoms with Gasteiger partial charge in [-0.05, 0) is 32.2 Å². The van der Waals surface area contributed by atoms with Crippen LogP contribution in [0, 0.1) is 0 Å². The van der Waals surface area contributed by atoms with E-state index in [1.165, 1.54) is 0 Å². The summed E-state index contributed by atoms with van der Waals surface area (Å²) < 4.78 is 10.5. The molecule has 0 amide bonds. The van der Waals surface area contributed by atoms with E-state index < -0.39 is 0 Å². The Morgan fingerprint density at radius 1 is 1.31 bits per heavy atom. The Labute approximate surface area is 108 Å². The van der Waals surface area contributed by atoms with Crippen LogP contribution in [0.25, 0.3) is 0 Å². The van der Waals surface area contributed by atoms with Gasteiger partial charge in [0.05, 0.1) is 6.61 Å². The molecule has 0 spiro atoms. The summed E-state index contributed by atoms with van der Waals surface area (Å²) >= 11 is 0. The van der Waals surface area contributed by atoms with Crippen molar-refractivity contribution in [1.29, 1.82) is 0 Å². The molecule has 0 bridgehead atoms. The molecule has 0 saturated carbocycles. The van der Waals surface area contributed by atoms with Crippen molar-refractivity contribution in [2.24, 2.45) is 5.73 Å². The van der Waals surface area contributed by atoms with E-state index in [0.29, 0.717) is 19.6 Å². The first kappa shape index (κ1) is 15.9. The molecule has 0 radical (unpaired) electrons. The summed E-state index contributed by atoms with van der Waals surface area (Å²) in [5.41, 5.74) is 5.36. The van der Waals surface area contributed by atoms with Crippen molar-refractivity contribution in [3.63, 3.8) is 0 Å². The molecule has 4 nitrogen and oxygen atoms in total. The van der Waals surface area contributed by atoms with E-state index >= 15 is 0 Å². The quantitative estimate of drug-likeness (QED) is 0.418. The normalized spacial score (nSPS) is 19.9. The Hall–Kier alpha value is -0.0775. The second kappa shape index (κ2) is 10.1. The zero-order chi connectivity index (χ0) is 10.9. The van der Waals surface area contributed by atoms with Gasteiger partial charge in [0.1, 0.15) is 0 Å². The van der Waals surface area contributed by atoms with Gasteiger partial charge in [0.2, 0.25) is 6.29 Å². The lowest BCUT2D eigenvalue weighted by atomic mass is 10.2. The molecule has 1 saturated heterocycles. The molecule has 1 rings (SSSR count). The zero-order valence-corrected chi connectivity index (χ0v) is 9.24. The van der Waals surface area contributed by atoms with Crippen molar-refractivity contribution in [2.45, 2.75) is 51.2 Å². The first-order valence-corrected chi connectivity index (χ1v) is 5.84. The molecule has 0 aromatic heterocycles. The molecule has 16 heavy (non-hydrogen) atoms. The van der Waals surface area contributed by atoms with Gasteiger partial charge >= 0.3 is 5.97 Å². The standard InChI is InChI=1S/C11H21NO3.Al.3H/c12-8-4-1-2-6-10(13)15-11-7-3-5-9-14-11;;;;/h11H,1-9,12H2;;;;. The molecule has 1 aliphatic heterocycles. The molecule has 1 unspecified atom stereocenters.